The third-order valence-electron chi connectivity index (χ3n) is 2.11. The summed E-state index contributed by atoms with van der Waals surface area (Å²) in [7, 11) is 0. The zero-order valence-electron chi connectivity index (χ0n) is 8.81. The summed E-state index contributed by atoms with van der Waals surface area (Å²) >= 11 is 5.91. The summed E-state index contributed by atoms with van der Waals surface area (Å²) in [5, 5.41) is 2.52. The first-order valence-electron chi connectivity index (χ1n) is 4.94. The van der Waals surface area contributed by atoms with Crippen molar-refractivity contribution in [2.45, 2.75) is 24.9 Å². The van der Waals surface area contributed by atoms with Crippen LogP contribution in [0.1, 0.15) is 24.3 Å². The number of benzene rings is 1. The molecule has 1 aromatic carbocycles. The maximum absolute atomic E-state index is 12.0. The lowest BCUT2D eigenvalue weighted by molar-refractivity contribution is -0.131. The van der Waals surface area contributed by atoms with Gasteiger partial charge in [-0.05, 0) is 18.6 Å². The quantitative estimate of drug-likeness (QED) is 0.785. The Morgan fingerprint density at radius 2 is 1.94 bits per heavy atom. The first-order valence-corrected chi connectivity index (χ1v) is 5.37. The van der Waals surface area contributed by atoms with Crippen LogP contribution in [0.2, 0.25) is 0 Å². The molecule has 1 unspecified atom stereocenters. The highest BCUT2D eigenvalue weighted by Gasteiger charge is 2.26. The van der Waals surface area contributed by atoms with E-state index in [9.17, 15) is 13.2 Å². The number of rotatable bonds is 4. The molecule has 0 fully saturated rings. The molecule has 90 valence electrons. The molecular weight excluding hydrogens is 239 g/mol. The molecule has 0 spiro atoms. The van der Waals surface area contributed by atoms with E-state index in [0.29, 0.717) is 5.69 Å². The van der Waals surface area contributed by atoms with Gasteiger partial charge in [0.15, 0.2) is 0 Å². The van der Waals surface area contributed by atoms with E-state index in [0.717, 1.165) is 5.56 Å². The minimum Gasteiger partial charge on any atom is -0.384 e. The van der Waals surface area contributed by atoms with Crippen LogP contribution in [0, 0.1) is 0 Å². The lowest BCUT2D eigenvalue weighted by atomic mass is 10.1. The van der Waals surface area contributed by atoms with Gasteiger partial charge in [-0.1, -0.05) is 18.2 Å². The molecule has 16 heavy (non-hydrogen) atoms. The molecule has 0 aliphatic carbocycles. The first kappa shape index (κ1) is 13.2. The second kappa shape index (κ2) is 5.43. The monoisotopic (exact) mass is 251 g/mol. The maximum atomic E-state index is 12.0. The molecule has 5 heteroatoms. The van der Waals surface area contributed by atoms with E-state index >= 15 is 0 Å². The van der Waals surface area contributed by atoms with Gasteiger partial charge in [-0.3, -0.25) is 0 Å². The van der Waals surface area contributed by atoms with Gasteiger partial charge in [-0.15, -0.1) is 11.6 Å². The van der Waals surface area contributed by atoms with Crippen molar-refractivity contribution in [3.8, 4) is 0 Å². The Morgan fingerprint density at radius 3 is 2.50 bits per heavy atom. The molecule has 1 N–H and O–H groups in total. The summed E-state index contributed by atoms with van der Waals surface area (Å²) in [4.78, 5) is 0. The van der Waals surface area contributed by atoms with E-state index in [1.807, 2.05) is 6.07 Å². The number of halogens is 4. The number of hydrogen-bond acceptors (Lipinski definition) is 1. The Kier molecular flexibility index (Phi) is 4.47. The van der Waals surface area contributed by atoms with E-state index in [4.69, 9.17) is 11.6 Å². The molecule has 1 atom stereocenters. The molecule has 1 aromatic rings. The van der Waals surface area contributed by atoms with Crippen LogP contribution in [-0.2, 0) is 0 Å². The van der Waals surface area contributed by atoms with Gasteiger partial charge in [-0.25, -0.2) is 0 Å². The Bertz CT molecular complexity index is 336. The average Bonchev–Trinajstić information content (AvgIpc) is 2.16. The molecule has 0 saturated heterocycles. The topological polar surface area (TPSA) is 12.0 Å². The summed E-state index contributed by atoms with van der Waals surface area (Å²) in [6, 6.07) is 7.10. The van der Waals surface area contributed by atoms with Gasteiger partial charge in [0.1, 0.15) is 0 Å². The number of alkyl halides is 4. The van der Waals surface area contributed by atoms with Crippen molar-refractivity contribution >= 4 is 17.3 Å². The highest BCUT2D eigenvalue weighted by molar-refractivity contribution is 6.21. The molecule has 0 aliphatic heterocycles. The van der Waals surface area contributed by atoms with Crippen LogP contribution in [0.15, 0.2) is 24.3 Å². The minimum absolute atomic E-state index is 0.135. The Hall–Kier alpha value is -0.900. The summed E-state index contributed by atoms with van der Waals surface area (Å²) in [6.07, 6.45) is -4.98. The highest BCUT2D eigenvalue weighted by Crippen LogP contribution is 2.27. The molecule has 1 rings (SSSR count). The normalized spacial score (nSPS) is 13.6. The molecule has 0 aromatic heterocycles. The summed E-state index contributed by atoms with van der Waals surface area (Å²) in [5.74, 6) is 0. The molecule has 0 radical (unpaired) electrons. The molecule has 0 bridgehead atoms. The van der Waals surface area contributed by atoms with Gasteiger partial charge in [0.2, 0.25) is 0 Å². The van der Waals surface area contributed by atoms with Crippen LogP contribution < -0.4 is 5.32 Å². The smallest absolute Gasteiger partial charge is 0.384 e. The van der Waals surface area contributed by atoms with Crippen molar-refractivity contribution < 1.29 is 13.2 Å². The predicted octanol–water partition coefficient (Wildman–Crippen LogP) is 4.35. The van der Waals surface area contributed by atoms with Gasteiger partial charge >= 0.3 is 6.18 Å². The average molecular weight is 252 g/mol. The van der Waals surface area contributed by atoms with Gasteiger partial charge in [-0.2, -0.15) is 13.2 Å². The Labute approximate surface area is 97.6 Å². The molecule has 0 saturated carbocycles. The van der Waals surface area contributed by atoms with E-state index in [1.54, 1.807) is 25.1 Å². The SMILES string of the molecule is CC(Cl)c1ccccc1NCCC(F)(F)F. The fourth-order valence-corrected chi connectivity index (χ4v) is 1.53. The molecule has 0 heterocycles. The fraction of sp³-hybridized carbons (Fsp3) is 0.455. The van der Waals surface area contributed by atoms with Gasteiger partial charge in [0.25, 0.3) is 0 Å². The number of anilines is 1. The summed E-state index contributed by atoms with van der Waals surface area (Å²) in [5.41, 5.74) is 1.47. The van der Waals surface area contributed by atoms with Gasteiger partial charge in [0, 0.05) is 12.2 Å². The summed E-state index contributed by atoms with van der Waals surface area (Å²) in [6.45, 7) is 1.65. The Morgan fingerprint density at radius 1 is 1.31 bits per heavy atom. The molecule has 0 amide bonds. The zero-order valence-corrected chi connectivity index (χ0v) is 9.57. The van der Waals surface area contributed by atoms with Crippen LogP contribution in [0.3, 0.4) is 0 Å². The number of nitrogens with one attached hydrogen (secondary N) is 1. The third-order valence-corrected chi connectivity index (χ3v) is 2.35. The first-order chi connectivity index (χ1) is 7.40. The van der Waals surface area contributed by atoms with Crippen LogP contribution >= 0.6 is 11.6 Å². The van der Waals surface area contributed by atoms with Crippen LogP contribution in [0.5, 0.6) is 0 Å². The van der Waals surface area contributed by atoms with Gasteiger partial charge < -0.3 is 5.32 Å². The minimum atomic E-state index is -4.13. The van der Waals surface area contributed by atoms with E-state index < -0.39 is 12.6 Å². The predicted molar refractivity (Wildman–Crippen MR) is 59.9 cm³/mol. The second-order valence-corrected chi connectivity index (χ2v) is 4.15. The fourth-order valence-electron chi connectivity index (χ4n) is 1.34. The molecule has 1 nitrogen and oxygen atoms in total. The van der Waals surface area contributed by atoms with Crippen molar-refractivity contribution in [3.63, 3.8) is 0 Å². The lowest BCUT2D eigenvalue weighted by Gasteiger charge is -2.14. The van der Waals surface area contributed by atoms with Crippen molar-refractivity contribution in [1.82, 2.24) is 0 Å². The third kappa shape index (κ3) is 4.31. The van der Waals surface area contributed by atoms with Crippen molar-refractivity contribution in [1.29, 1.82) is 0 Å². The number of para-hydroxylation sites is 1. The van der Waals surface area contributed by atoms with E-state index in [-0.39, 0.29) is 11.9 Å². The Balaban J connectivity index is 2.60. The highest BCUT2D eigenvalue weighted by atomic mass is 35.5. The van der Waals surface area contributed by atoms with Crippen molar-refractivity contribution in [3.05, 3.63) is 29.8 Å². The van der Waals surface area contributed by atoms with Crippen LogP contribution in [0.4, 0.5) is 18.9 Å². The standard InChI is InChI=1S/C11H13ClF3N/c1-8(12)9-4-2-3-5-10(9)16-7-6-11(13,14)15/h2-5,8,16H,6-7H2,1H3. The second-order valence-electron chi connectivity index (χ2n) is 3.50. The van der Waals surface area contributed by atoms with Crippen LogP contribution in [0.25, 0.3) is 0 Å². The summed E-state index contributed by atoms with van der Waals surface area (Å²) < 4.78 is 35.9. The molecular formula is C11H13ClF3N. The van der Waals surface area contributed by atoms with E-state index in [2.05, 4.69) is 5.32 Å². The maximum Gasteiger partial charge on any atom is 0.390 e. The number of hydrogen-bond donors (Lipinski definition) is 1. The lowest BCUT2D eigenvalue weighted by Crippen LogP contribution is -2.15. The molecule has 0 aliphatic rings. The largest absolute Gasteiger partial charge is 0.390 e. The van der Waals surface area contributed by atoms with E-state index in [1.165, 1.54) is 0 Å². The van der Waals surface area contributed by atoms with Crippen molar-refractivity contribution in [2.75, 3.05) is 11.9 Å². The van der Waals surface area contributed by atoms with Crippen LogP contribution in [-0.4, -0.2) is 12.7 Å². The zero-order chi connectivity index (χ0) is 12.2. The van der Waals surface area contributed by atoms with Gasteiger partial charge in [0.05, 0.1) is 11.8 Å². The van der Waals surface area contributed by atoms with Crippen molar-refractivity contribution in [2.24, 2.45) is 0 Å².